The summed E-state index contributed by atoms with van der Waals surface area (Å²) in [5.74, 6) is -2.07. The molecular formula is C39H53N5O8S. The highest BCUT2D eigenvalue weighted by atomic mass is 32.2. The number of ether oxygens (including phenoxy) is 1. The van der Waals surface area contributed by atoms with Crippen LogP contribution in [0.2, 0.25) is 0 Å². The predicted molar refractivity (Wildman–Crippen MR) is 196 cm³/mol. The van der Waals surface area contributed by atoms with E-state index in [9.17, 15) is 32.4 Å². The summed E-state index contributed by atoms with van der Waals surface area (Å²) in [5, 5.41) is 2.43. The Bertz CT molecular complexity index is 1760. The van der Waals surface area contributed by atoms with Crippen LogP contribution in [0.25, 0.3) is 0 Å². The number of urea groups is 1. The summed E-state index contributed by atoms with van der Waals surface area (Å²) in [6.07, 6.45) is 9.12. The maximum absolute atomic E-state index is 14.7. The Balaban J connectivity index is 1.17. The molecule has 5 amide bonds. The molecule has 0 aromatic heterocycles. The molecular weight excluding hydrogens is 699 g/mol. The van der Waals surface area contributed by atoms with Gasteiger partial charge in [0.2, 0.25) is 21.8 Å². The van der Waals surface area contributed by atoms with Crippen LogP contribution < -0.4 is 10.0 Å². The molecule has 53 heavy (non-hydrogen) atoms. The second kappa shape index (κ2) is 15.1. The van der Waals surface area contributed by atoms with Gasteiger partial charge in [0.05, 0.1) is 23.3 Å². The maximum atomic E-state index is 14.7. The molecule has 288 valence electrons. The molecule has 7 rings (SSSR count). The number of Topliss-reactive ketones (excluding diaryl/α,β-unsaturated/α-hetero) is 1. The Morgan fingerprint density at radius 2 is 1.75 bits per heavy atom. The molecule has 14 heteroatoms. The average Bonchev–Trinajstić information content (AvgIpc) is 4.04. The van der Waals surface area contributed by atoms with Crippen LogP contribution in [0.5, 0.6) is 0 Å². The van der Waals surface area contributed by atoms with E-state index in [-0.39, 0.29) is 37.8 Å². The van der Waals surface area contributed by atoms with Crippen LogP contribution in [0.4, 0.5) is 9.59 Å². The summed E-state index contributed by atoms with van der Waals surface area (Å²) >= 11 is 0. The fourth-order valence-corrected chi connectivity index (χ4v) is 10.4. The maximum Gasteiger partial charge on any atom is 0.410 e. The standard InChI is InChI=1S/C39H53N5O8S/c1-3-28-20-39(28,36(47)41-53(50,51)30-16-17-30)21-33(45)32-19-29-23-44(32)35(46)34(26-12-6-4-7-13-26)40-37(48)42(2)18-9-5-8-11-25-14-10-15-27-22-43(24-31(25)27)38(49)52-29/h3,10,14-15,26,28-30,32,34H,1,4-9,11-13,16-24H2,2H3,(H,40,48)(H,41,47)/t28-,29-,32+,34+,39-/m1/s1. The van der Waals surface area contributed by atoms with E-state index >= 15 is 0 Å². The molecule has 4 bridgehead atoms. The van der Waals surface area contributed by atoms with Crippen molar-refractivity contribution in [3.8, 4) is 0 Å². The molecule has 0 unspecified atom stereocenters. The summed E-state index contributed by atoms with van der Waals surface area (Å²) in [5.41, 5.74) is 2.10. The van der Waals surface area contributed by atoms with Crippen molar-refractivity contribution in [2.45, 2.75) is 126 Å². The SMILES string of the molecule is C=C[C@@H]1C[C@]1(CC(=O)[C@@H]1C[C@@H]2CN1C(=O)[C@H](C1CCCCC1)NC(=O)N(C)CCCCCc1cccc3c1CN(C3)C(=O)O2)C(=O)NS(=O)(=O)C1CC1. The quantitative estimate of drug-likeness (QED) is 0.374. The van der Waals surface area contributed by atoms with Crippen molar-refractivity contribution in [1.82, 2.24) is 24.7 Å². The van der Waals surface area contributed by atoms with Crippen LogP contribution >= 0.6 is 0 Å². The van der Waals surface area contributed by atoms with E-state index in [1.165, 1.54) is 10.5 Å². The lowest BCUT2D eigenvalue weighted by Gasteiger charge is -2.35. The van der Waals surface area contributed by atoms with Crippen molar-refractivity contribution < 1.29 is 37.1 Å². The van der Waals surface area contributed by atoms with Crippen molar-refractivity contribution in [3.63, 3.8) is 0 Å². The van der Waals surface area contributed by atoms with E-state index in [0.29, 0.717) is 32.5 Å². The molecule has 13 nitrogen and oxygen atoms in total. The Hall–Kier alpha value is -3.94. The van der Waals surface area contributed by atoms with E-state index in [2.05, 4.69) is 22.7 Å². The number of carbonyl (C=O) groups excluding carboxylic acids is 5. The lowest BCUT2D eigenvalue weighted by atomic mass is 9.83. The van der Waals surface area contributed by atoms with Crippen molar-refractivity contribution in [1.29, 1.82) is 0 Å². The molecule has 1 aromatic rings. The number of allylic oxidation sites excluding steroid dienone is 1. The normalized spacial score (nSPS) is 30.1. The van der Waals surface area contributed by atoms with Crippen LogP contribution in [-0.4, -0.2) is 96.4 Å². The first-order chi connectivity index (χ1) is 25.4. The van der Waals surface area contributed by atoms with Gasteiger partial charge in [-0.1, -0.05) is 50.0 Å². The number of aryl methyl sites for hydroxylation is 1. The molecule has 3 aliphatic heterocycles. The third-order valence-corrected chi connectivity index (χ3v) is 14.4. The first kappa shape index (κ1) is 37.4. The van der Waals surface area contributed by atoms with Crippen LogP contribution in [0.1, 0.15) is 100 Å². The van der Waals surface area contributed by atoms with Gasteiger partial charge in [0.25, 0.3) is 0 Å². The smallest absolute Gasteiger partial charge is 0.410 e. The van der Waals surface area contributed by atoms with Gasteiger partial charge in [0, 0.05) is 39.5 Å². The van der Waals surface area contributed by atoms with Crippen molar-refractivity contribution in [2.24, 2.45) is 17.3 Å². The lowest BCUT2D eigenvalue weighted by Crippen LogP contribution is -2.57. The molecule has 3 aliphatic carbocycles. The molecule has 4 fully saturated rings. The highest BCUT2D eigenvalue weighted by Crippen LogP contribution is 2.57. The summed E-state index contributed by atoms with van der Waals surface area (Å²) in [4.78, 5) is 74.8. The Kier molecular flexibility index (Phi) is 10.6. The fraction of sp³-hybridized carbons (Fsp3) is 0.667. The molecule has 6 aliphatic rings. The minimum Gasteiger partial charge on any atom is -0.444 e. The highest BCUT2D eigenvalue weighted by Gasteiger charge is 2.61. The average molecular weight is 752 g/mol. The van der Waals surface area contributed by atoms with Gasteiger partial charge in [0.1, 0.15) is 12.1 Å². The fourth-order valence-electron chi connectivity index (χ4n) is 9.03. The van der Waals surface area contributed by atoms with Gasteiger partial charge in [-0.25, -0.2) is 18.0 Å². The molecule has 5 atom stereocenters. The minimum absolute atomic E-state index is 0.0322. The number of hydrogen-bond acceptors (Lipinski definition) is 8. The number of ketones is 1. The first-order valence-corrected chi connectivity index (χ1v) is 21.0. The van der Waals surface area contributed by atoms with Gasteiger partial charge < -0.3 is 19.9 Å². The molecule has 0 spiro atoms. The van der Waals surface area contributed by atoms with Crippen LogP contribution in [-0.2, 0) is 48.7 Å². The number of hydrogen-bond donors (Lipinski definition) is 2. The third kappa shape index (κ3) is 7.84. The number of amides is 5. The van der Waals surface area contributed by atoms with Crippen LogP contribution in [0, 0.1) is 17.3 Å². The summed E-state index contributed by atoms with van der Waals surface area (Å²) in [7, 11) is -2.12. The second-order valence-corrected chi connectivity index (χ2v) is 18.2. The lowest BCUT2D eigenvalue weighted by molar-refractivity contribution is -0.141. The van der Waals surface area contributed by atoms with Crippen LogP contribution in [0.3, 0.4) is 0 Å². The highest BCUT2D eigenvalue weighted by molar-refractivity contribution is 7.90. The Morgan fingerprint density at radius 1 is 1.02 bits per heavy atom. The van der Waals surface area contributed by atoms with Gasteiger partial charge in [-0.3, -0.25) is 24.0 Å². The van der Waals surface area contributed by atoms with Gasteiger partial charge in [-0.2, -0.15) is 0 Å². The van der Waals surface area contributed by atoms with E-state index in [0.717, 1.165) is 68.9 Å². The van der Waals surface area contributed by atoms with Crippen LogP contribution in [0.15, 0.2) is 30.9 Å². The van der Waals surface area contributed by atoms with Crippen molar-refractivity contribution >= 4 is 39.7 Å². The zero-order valence-corrected chi connectivity index (χ0v) is 31.5. The molecule has 2 N–H and O–H groups in total. The second-order valence-electron chi connectivity index (χ2n) is 16.2. The third-order valence-electron chi connectivity index (χ3n) is 12.5. The van der Waals surface area contributed by atoms with Gasteiger partial charge in [-0.15, -0.1) is 6.58 Å². The number of nitrogens with one attached hydrogen (secondary N) is 2. The summed E-state index contributed by atoms with van der Waals surface area (Å²) < 4.78 is 33.8. The Labute approximate surface area is 312 Å². The summed E-state index contributed by atoms with van der Waals surface area (Å²) in [6.45, 7) is 5.13. The number of rotatable bonds is 8. The number of carbonyl (C=O) groups is 5. The van der Waals surface area contributed by atoms with Crippen molar-refractivity contribution in [2.75, 3.05) is 20.1 Å². The van der Waals surface area contributed by atoms with E-state index < -0.39 is 68.5 Å². The van der Waals surface area contributed by atoms with Gasteiger partial charge in [0.15, 0.2) is 5.78 Å². The van der Waals surface area contributed by atoms with Crippen molar-refractivity contribution in [3.05, 3.63) is 47.5 Å². The number of fused-ring (bicyclic) bond motifs is 3. The van der Waals surface area contributed by atoms with Gasteiger partial charge in [-0.05, 0) is 79.9 Å². The number of nitrogens with zero attached hydrogens (tertiary/aromatic N) is 3. The Morgan fingerprint density at radius 3 is 2.47 bits per heavy atom. The number of benzene rings is 1. The molecule has 1 saturated heterocycles. The van der Waals surface area contributed by atoms with E-state index in [1.807, 2.05) is 12.1 Å². The molecule has 3 saturated carbocycles. The molecule has 3 heterocycles. The largest absolute Gasteiger partial charge is 0.444 e. The topological polar surface area (TPSA) is 162 Å². The van der Waals surface area contributed by atoms with E-state index in [1.54, 1.807) is 22.9 Å². The van der Waals surface area contributed by atoms with E-state index in [4.69, 9.17) is 4.74 Å². The number of sulfonamides is 1. The minimum atomic E-state index is -3.85. The zero-order chi connectivity index (χ0) is 37.5. The monoisotopic (exact) mass is 751 g/mol. The van der Waals surface area contributed by atoms with Gasteiger partial charge >= 0.3 is 12.1 Å². The molecule has 1 aromatic carbocycles. The first-order valence-electron chi connectivity index (χ1n) is 19.5. The zero-order valence-electron chi connectivity index (χ0n) is 30.7. The predicted octanol–water partition coefficient (Wildman–Crippen LogP) is 4.18. The molecule has 0 radical (unpaired) electrons. The summed E-state index contributed by atoms with van der Waals surface area (Å²) in [6, 6.07) is 3.87.